The van der Waals surface area contributed by atoms with E-state index in [1.165, 1.54) is 19.1 Å². The van der Waals surface area contributed by atoms with Crippen molar-refractivity contribution in [2.75, 3.05) is 6.61 Å². The minimum Gasteiger partial charge on any atom is -0.478 e. The fourth-order valence-corrected chi connectivity index (χ4v) is 2.06. The van der Waals surface area contributed by atoms with E-state index in [1.807, 2.05) is 0 Å². The Morgan fingerprint density at radius 1 is 1.47 bits per heavy atom. The Bertz CT molecular complexity index is 347. The van der Waals surface area contributed by atoms with Gasteiger partial charge in [-0.3, -0.25) is 4.79 Å². The molecule has 0 unspecified atom stereocenters. The van der Waals surface area contributed by atoms with Crippen LogP contribution in [-0.4, -0.2) is 16.1 Å². The van der Waals surface area contributed by atoms with Crippen molar-refractivity contribution in [1.82, 2.24) is 0 Å². The number of hydrogen-bond donors (Lipinski definition) is 0. The van der Waals surface area contributed by atoms with Crippen LogP contribution in [0, 0.1) is 0 Å². The van der Waals surface area contributed by atoms with Gasteiger partial charge in [0.1, 0.15) is 0 Å². The van der Waals surface area contributed by atoms with Crippen LogP contribution in [-0.2, 0) is 4.74 Å². The highest BCUT2D eigenvalue weighted by molar-refractivity contribution is 8.32. The van der Waals surface area contributed by atoms with Crippen LogP contribution in [0.2, 0.25) is 0 Å². The number of unbranched alkanes of at least 4 members (excludes halogenated alkanes) is 3. The summed E-state index contributed by atoms with van der Waals surface area (Å²) in [4.78, 5) is 11.6. The summed E-state index contributed by atoms with van der Waals surface area (Å²) in [6.07, 6.45) is 5.96. The first-order valence-electron chi connectivity index (χ1n) is 5.66. The molecule has 0 amide bonds. The van der Waals surface area contributed by atoms with Gasteiger partial charge in [0.15, 0.2) is 5.76 Å². The molecule has 0 aliphatic heterocycles. The molecule has 0 aliphatic carbocycles. The molecule has 1 aromatic heterocycles. The van der Waals surface area contributed by atoms with E-state index < -0.39 is 0 Å². The van der Waals surface area contributed by atoms with Gasteiger partial charge in [0, 0.05) is 11.8 Å². The predicted molar refractivity (Wildman–Crippen MR) is 73.3 cm³/mol. The monoisotopic (exact) mass is 272 g/mol. The lowest BCUT2D eigenvalue weighted by atomic mass is 10.2. The highest BCUT2D eigenvalue weighted by atomic mass is 32.2. The third-order valence-corrected chi connectivity index (χ3v) is 3.16. The molecule has 0 atom stereocenters. The first-order valence-corrected chi connectivity index (χ1v) is 6.89. The van der Waals surface area contributed by atoms with Crippen LogP contribution < -0.4 is 0 Å². The Morgan fingerprint density at radius 2 is 2.29 bits per heavy atom. The van der Waals surface area contributed by atoms with Crippen LogP contribution in [0.15, 0.2) is 22.8 Å². The fraction of sp³-hybridized carbons (Fsp3) is 0.500. The van der Waals surface area contributed by atoms with Crippen molar-refractivity contribution in [3.8, 4) is 0 Å². The summed E-state index contributed by atoms with van der Waals surface area (Å²) in [7, 11) is 0. The number of thiocarbonyl (C=S) groups is 1. The summed E-state index contributed by atoms with van der Waals surface area (Å²) >= 11 is 5.86. The average Bonchev–Trinajstić information content (AvgIpc) is 2.82. The predicted octanol–water partition coefficient (Wildman–Crippen LogP) is 4.03. The summed E-state index contributed by atoms with van der Waals surface area (Å²) in [6.45, 7) is 2.74. The van der Waals surface area contributed by atoms with E-state index >= 15 is 0 Å². The molecule has 1 rings (SSSR count). The lowest BCUT2D eigenvalue weighted by Crippen LogP contribution is -2.03. The molecule has 0 saturated carbocycles. The zero-order valence-electron chi connectivity index (χ0n) is 9.81. The minimum absolute atomic E-state index is 0.214. The minimum atomic E-state index is -0.214. The van der Waals surface area contributed by atoms with E-state index in [1.54, 1.807) is 12.1 Å². The van der Waals surface area contributed by atoms with Gasteiger partial charge in [-0.05, 0) is 30.8 Å². The van der Waals surface area contributed by atoms with Crippen LogP contribution in [0.5, 0.6) is 0 Å². The summed E-state index contributed by atoms with van der Waals surface area (Å²) in [5.41, 5.74) is 0. The summed E-state index contributed by atoms with van der Waals surface area (Å²) in [5.74, 6) is 0.298. The van der Waals surface area contributed by atoms with Crippen molar-refractivity contribution >= 4 is 33.5 Å². The van der Waals surface area contributed by atoms with Crippen LogP contribution in [0.25, 0.3) is 0 Å². The maximum atomic E-state index is 11.6. The lowest BCUT2D eigenvalue weighted by molar-refractivity contribution is 0.106. The number of thioether (sulfide) groups is 1. The largest absolute Gasteiger partial charge is 0.478 e. The molecule has 0 spiro atoms. The standard InChI is InChI=1S/C12H16O3S2/c1-2-3-4-5-8-15-12(16)17-11(13)10-7-6-9-14-10/h6-7,9H,2-5,8H2,1H3. The highest BCUT2D eigenvalue weighted by Crippen LogP contribution is 2.15. The average molecular weight is 272 g/mol. The van der Waals surface area contributed by atoms with Gasteiger partial charge in [0.2, 0.25) is 4.38 Å². The first-order chi connectivity index (χ1) is 8.24. The number of hydrogen-bond acceptors (Lipinski definition) is 5. The third kappa shape index (κ3) is 5.89. The smallest absolute Gasteiger partial charge is 0.263 e. The van der Waals surface area contributed by atoms with E-state index in [0.717, 1.165) is 24.6 Å². The SMILES string of the molecule is CCCCCCOC(=S)SC(=O)c1ccco1. The molecule has 5 heteroatoms. The van der Waals surface area contributed by atoms with Crippen LogP contribution in [0.3, 0.4) is 0 Å². The van der Waals surface area contributed by atoms with E-state index in [0.29, 0.717) is 12.4 Å². The van der Waals surface area contributed by atoms with Crippen molar-refractivity contribution in [3.05, 3.63) is 24.2 Å². The Morgan fingerprint density at radius 3 is 2.94 bits per heavy atom. The quantitative estimate of drug-likeness (QED) is 0.577. The molecule has 17 heavy (non-hydrogen) atoms. The van der Waals surface area contributed by atoms with Crippen LogP contribution in [0.4, 0.5) is 0 Å². The Hall–Kier alpha value is -0.810. The summed E-state index contributed by atoms with van der Waals surface area (Å²) in [6, 6.07) is 3.28. The summed E-state index contributed by atoms with van der Waals surface area (Å²) < 4.78 is 10.5. The van der Waals surface area contributed by atoms with Gasteiger partial charge >= 0.3 is 0 Å². The Labute approximate surface area is 111 Å². The van der Waals surface area contributed by atoms with Gasteiger partial charge in [0.05, 0.1) is 12.9 Å². The van der Waals surface area contributed by atoms with Gasteiger partial charge < -0.3 is 9.15 Å². The normalized spacial score (nSPS) is 10.2. The molecular formula is C12H16O3S2. The Kier molecular flexibility index (Phi) is 6.96. The first kappa shape index (κ1) is 14.3. The molecule has 3 nitrogen and oxygen atoms in total. The zero-order chi connectivity index (χ0) is 12.5. The number of rotatable bonds is 6. The maximum Gasteiger partial charge on any atom is 0.263 e. The number of furan rings is 1. The molecule has 0 bridgehead atoms. The van der Waals surface area contributed by atoms with Gasteiger partial charge in [-0.15, -0.1) is 0 Å². The molecule has 0 aromatic carbocycles. The molecule has 1 heterocycles. The van der Waals surface area contributed by atoms with Gasteiger partial charge in [-0.2, -0.15) is 0 Å². The molecule has 0 N–H and O–H groups in total. The van der Waals surface area contributed by atoms with Crippen molar-refractivity contribution in [2.24, 2.45) is 0 Å². The van der Waals surface area contributed by atoms with E-state index in [2.05, 4.69) is 6.92 Å². The van der Waals surface area contributed by atoms with E-state index in [9.17, 15) is 4.79 Å². The van der Waals surface area contributed by atoms with Gasteiger partial charge in [-0.1, -0.05) is 26.2 Å². The molecule has 94 valence electrons. The number of ether oxygens (including phenoxy) is 1. The van der Waals surface area contributed by atoms with Crippen molar-refractivity contribution in [3.63, 3.8) is 0 Å². The summed E-state index contributed by atoms with van der Waals surface area (Å²) in [5, 5.41) is -0.214. The second-order valence-corrected chi connectivity index (χ2v) is 5.10. The molecule has 0 fully saturated rings. The molecule has 1 aromatic rings. The third-order valence-electron chi connectivity index (χ3n) is 2.12. The zero-order valence-corrected chi connectivity index (χ0v) is 11.4. The second kappa shape index (κ2) is 8.31. The molecular weight excluding hydrogens is 256 g/mol. The van der Waals surface area contributed by atoms with Crippen molar-refractivity contribution in [2.45, 2.75) is 32.6 Å². The molecule has 0 aliphatic rings. The lowest BCUT2D eigenvalue weighted by Gasteiger charge is -2.04. The maximum absolute atomic E-state index is 11.6. The van der Waals surface area contributed by atoms with Crippen LogP contribution in [0.1, 0.15) is 43.2 Å². The van der Waals surface area contributed by atoms with E-state index in [-0.39, 0.29) is 9.50 Å². The van der Waals surface area contributed by atoms with Crippen molar-refractivity contribution < 1.29 is 13.9 Å². The fourth-order valence-electron chi connectivity index (χ4n) is 1.23. The number of carbonyl (C=O) groups is 1. The van der Waals surface area contributed by atoms with Crippen LogP contribution >= 0.6 is 24.0 Å². The van der Waals surface area contributed by atoms with Gasteiger partial charge in [0.25, 0.3) is 5.12 Å². The topological polar surface area (TPSA) is 39.4 Å². The van der Waals surface area contributed by atoms with E-state index in [4.69, 9.17) is 21.4 Å². The Balaban J connectivity index is 2.15. The van der Waals surface area contributed by atoms with Crippen molar-refractivity contribution in [1.29, 1.82) is 0 Å². The highest BCUT2D eigenvalue weighted by Gasteiger charge is 2.13. The van der Waals surface area contributed by atoms with Gasteiger partial charge in [-0.25, -0.2) is 0 Å². The molecule has 0 radical (unpaired) electrons. The molecule has 0 saturated heterocycles. The number of carbonyl (C=O) groups excluding carboxylic acids is 1. The second-order valence-electron chi connectivity index (χ2n) is 3.53.